The molecule has 0 aliphatic heterocycles. The predicted molar refractivity (Wildman–Crippen MR) is 59.7 cm³/mol. The molecule has 1 aromatic rings. The molecule has 0 bridgehead atoms. The van der Waals surface area contributed by atoms with Crippen molar-refractivity contribution in [1.82, 2.24) is 0 Å². The lowest BCUT2D eigenvalue weighted by Crippen LogP contribution is -2.10. The van der Waals surface area contributed by atoms with Crippen molar-refractivity contribution >= 4 is 38.9 Å². The Morgan fingerprint density at radius 3 is 2.36 bits per heavy atom. The summed E-state index contributed by atoms with van der Waals surface area (Å²) in [5.74, 6) is 0. The minimum absolute atomic E-state index is 0.322. The van der Waals surface area contributed by atoms with Gasteiger partial charge in [-0.25, -0.2) is 8.42 Å². The van der Waals surface area contributed by atoms with Crippen molar-refractivity contribution in [3.8, 4) is 0 Å². The van der Waals surface area contributed by atoms with E-state index in [9.17, 15) is 8.42 Å². The lowest BCUT2D eigenvalue weighted by atomic mass is 10.2. The van der Waals surface area contributed by atoms with Gasteiger partial charge in [0.2, 0.25) is 10.0 Å². The van der Waals surface area contributed by atoms with Gasteiger partial charge in [0.1, 0.15) is 0 Å². The molecular formula is C8H9Cl2NO2S. The summed E-state index contributed by atoms with van der Waals surface area (Å²) in [5, 5.41) is 0.831. The standard InChI is InChI=1S/C8H9Cl2NO2S/c1-5-6(9)3-4-7(8(5)10)11-14(2,12)13/h3-4,11H,1-2H3. The molecule has 0 saturated heterocycles. The lowest BCUT2D eigenvalue weighted by Gasteiger charge is -2.09. The van der Waals surface area contributed by atoms with Crippen LogP contribution in [-0.4, -0.2) is 14.7 Å². The van der Waals surface area contributed by atoms with Crippen molar-refractivity contribution in [2.45, 2.75) is 6.92 Å². The average molecular weight is 254 g/mol. The zero-order chi connectivity index (χ0) is 10.9. The van der Waals surface area contributed by atoms with E-state index in [0.29, 0.717) is 21.3 Å². The van der Waals surface area contributed by atoms with Crippen molar-refractivity contribution in [1.29, 1.82) is 0 Å². The topological polar surface area (TPSA) is 46.2 Å². The summed E-state index contributed by atoms with van der Waals surface area (Å²) in [7, 11) is -3.31. The summed E-state index contributed by atoms with van der Waals surface area (Å²) in [6, 6.07) is 3.12. The molecule has 0 heterocycles. The number of hydrogen-bond donors (Lipinski definition) is 1. The molecule has 3 nitrogen and oxygen atoms in total. The van der Waals surface area contributed by atoms with Gasteiger partial charge in [-0.1, -0.05) is 23.2 Å². The van der Waals surface area contributed by atoms with Crippen LogP contribution in [0.4, 0.5) is 5.69 Å². The quantitative estimate of drug-likeness (QED) is 0.881. The van der Waals surface area contributed by atoms with Gasteiger partial charge in [0.15, 0.2) is 0 Å². The molecule has 6 heteroatoms. The van der Waals surface area contributed by atoms with Gasteiger partial charge in [-0.3, -0.25) is 4.72 Å². The molecule has 0 aliphatic rings. The van der Waals surface area contributed by atoms with Gasteiger partial charge in [0.05, 0.1) is 17.0 Å². The predicted octanol–water partition coefficient (Wildman–Crippen LogP) is 2.67. The Kier molecular flexibility index (Phi) is 3.29. The van der Waals surface area contributed by atoms with Crippen molar-refractivity contribution in [2.75, 3.05) is 11.0 Å². The smallest absolute Gasteiger partial charge is 0.229 e. The third-order valence-corrected chi connectivity index (χ3v) is 3.10. The summed E-state index contributed by atoms with van der Waals surface area (Å²) >= 11 is 11.7. The first-order valence-corrected chi connectivity index (χ1v) is 6.38. The number of rotatable bonds is 2. The van der Waals surface area contributed by atoms with Gasteiger partial charge in [-0.15, -0.1) is 0 Å². The maximum atomic E-state index is 10.9. The van der Waals surface area contributed by atoms with Crippen LogP contribution in [0, 0.1) is 6.92 Å². The van der Waals surface area contributed by atoms with Gasteiger partial charge in [-0.05, 0) is 24.6 Å². The maximum absolute atomic E-state index is 10.9. The molecule has 0 saturated carbocycles. The zero-order valence-electron chi connectivity index (χ0n) is 7.64. The van der Waals surface area contributed by atoms with E-state index < -0.39 is 10.0 Å². The summed E-state index contributed by atoms with van der Waals surface area (Å²) < 4.78 is 24.2. The van der Waals surface area contributed by atoms with Crippen LogP contribution < -0.4 is 4.72 Å². The van der Waals surface area contributed by atoms with Crippen molar-refractivity contribution < 1.29 is 8.42 Å². The fraction of sp³-hybridized carbons (Fsp3) is 0.250. The minimum Gasteiger partial charge on any atom is -0.282 e. The third-order valence-electron chi connectivity index (χ3n) is 1.62. The first-order valence-electron chi connectivity index (χ1n) is 3.73. The Morgan fingerprint density at radius 2 is 1.86 bits per heavy atom. The van der Waals surface area contributed by atoms with Crippen molar-refractivity contribution in [3.63, 3.8) is 0 Å². The normalized spacial score (nSPS) is 11.4. The molecule has 0 amide bonds. The molecular weight excluding hydrogens is 245 g/mol. The molecule has 1 aromatic carbocycles. The van der Waals surface area contributed by atoms with Crippen LogP contribution in [0.15, 0.2) is 12.1 Å². The number of anilines is 1. The molecule has 0 aliphatic carbocycles. The highest BCUT2D eigenvalue weighted by Gasteiger charge is 2.09. The highest BCUT2D eigenvalue weighted by molar-refractivity contribution is 7.92. The lowest BCUT2D eigenvalue weighted by molar-refractivity contribution is 0.607. The summed E-state index contributed by atoms with van der Waals surface area (Å²) in [4.78, 5) is 0. The summed E-state index contributed by atoms with van der Waals surface area (Å²) in [6.07, 6.45) is 1.06. The van der Waals surface area contributed by atoms with Crippen LogP contribution in [0.1, 0.15) is 5.56 Å². The number of sulfonamides is 1. The molecule has 0 aromatic heterocycles. The minimum atomic E-state index is -3.31. The van der Waals surface area contributed by atoms with Crippen molar-refractivity contribution in [3.05, 3.63) is 27.7 Å². The number of nitrogens with one attached hydrogen (secondary N) is 1. The second-order valence-electron chi connectivity index (χ2n) is 2.91. The van der Waals surface area contributed by atoms with Crippen LogP contribution in [-0.2, 0) is 10.0 Å². The first kappa shape index (κ1) is 11.6. The van der Waals surface area contributed by atoms with Crippen molar-refractivity contribution in [2.24, 2.45) is 0 Å². The van der Waals surface area contributed by atoms with E-state index in [0.717, 1.165) is 6.26 Å². The highest BCUT2D eigenvalue weighted by Crippen LogP contribution is 2.31. The molecule has 14 heavy (non-hydrogen) atoms. The molecule has 0 spiro atoms. The van der Waals surface area contributed by atoms with Gasteiger partial charge < -0.3 is 0 Å². The molecule has 0 radical (unpaired) electrons. The Bertz CT molecular complexity index is 457. The molecule has 78 valence electrons. The zero-order valence-corrected chi connectivity index (χ0v) is 9.96. The highest BCUT2D eigenvalue weighted by atomic mass is 35.5. The number of hydrogen-bond acceptors (Lipinski definition) is 2. The number of halogens is 2. The fourth-order valence-corrected chi connectivity index (χ4v) is 1.98. The molecule has 1 N–H and O–H groups in total. The van der Waals surface area contributed by atoms with Crippen LogP contribution in [0.25, 0.3) is 0 Å². The Labute approximate surface area is 93.1 Å². The summed E-state index contributed by atoms with van der Waals surface area (Å²) in [6.45, 7) is 1.72. The molecule has 0 unspecified atom stereocenters. The third kappa shape index (κ3) is 2.77. The largest absolute Gasteiger partial charge is 0.282 e. The van der Waals surface area contributed by atoms with Crippen LogP contribution in [0.5, 0.6) is 0 Å². The number of benzene rings is 1. The van der Waals surface area contributed by atoms with Gasteiger partial charge in [0.25, 0.3) is 0 Å². The van der Waals surface area contributed by atoms with E-state index in [2.05, 4.69) is 4.72 Å². The maximum Gasteiger partial charge on any atom is 0.229 e. The van der Waals surface area contributed by atoms with E-state index in [1.54, 1.807) is 13.0 Å². The Morgan fingerprint density at radius 1 is 1.29 bits per heavy atom. The molecule has 0 atom stereocenters. The molecule has 1 rings (SSSR count). The second-order valence-corrected chi connectivity index (χ2v) is 5.44. The second kappa shape index (κ2) is 3.96. The average Bonchev–Trinajstić information content (AvgIpc) is 2.04. The van der Waals surface area contributed by atoms with Crippen LogP contribution >= 0.6 is 23.2 Å². The van der Waals surface area contributed by atoms with E-state index >= 15 is 0 Å². The van der Waals surface area contributed by atoms with Gasteiger partial charge in [0, 0.05) is 5.02 Å². The van der Waals surface area contributed by atoms with E-state index in [1.807, 2.05) is 0 Å². The Balaban J connectivity index is 3.19. The summed E-state index contributed by atoms with van der Waals surface area (Å²) in [5.41, 5.74) is 0.998. The molecule has 0 fully saturated rings. The first-order chi connectivity index (χ1) is 6.31. The van der Waals surface area contributed by atoms with Crippen LogP contribution in [0.2, 0.25) is 10.0 Å². The van der Waals surface area contributed by atoms with Gasteiger partial charge in [-0.2, -0.15) is 0 Å². The monoisotopic (exact) mass is 253 g/mol. The van der Waals surface area contributed by atoms with E-state index in [-0.39, 0.29) is 0 Å². The van der Waals surface area contributed by atoms with Crippen LogP contribution in [0.3, 0.4) is 0 Å². The van der Waals surface area contributed by atoms with E-state index in [4.69, 9.17) is 23.2 Å². The SMILES string of the molecule is Cc1c(Cl)ccc(NS(C)(=O)=O)c1Cl. The fourth-order valence-electron chi connectivity index (χ4n) is 0.940. The van der Waals surface area contributed by atoms with Gasteiger partial charge >= 0.3 is 0 Å². The van der Waals surface area contributed by atoms with E-state index in [1.165, 1.54) is 6.07 Å². The Hall–Kier alpha value is -0.450.